The third kappa shape index (κ3) is 4.56. The maximum Gasteiger partial charge on any atom is 0.416 e. The minimum absolute atomic E-state index is 0.0768. The highest BCUT2D eigenvalue weighted by Gasteiger charge is 2.31. The number of rotatable bonds is 4. The summed E-state index contributed by atoms with van der Waals surface area (Å²) in [7, 11) is 0. The molecule has 2 aliphatic rings. The zero-order valence-corrected chi connectivity index (χ0v) is 20.7. The van der Waals surface area contributed by atoms with E-state index < -0.39 is 11.7 Å². The van der Waals surface area contributed by atoms with E-state index >= 15 is 0 Å². The molecule has 1 aromatic heterocycles. The van der Waals surface area contributed by atoms with Gasteiger partial charge in [0.05, 0.1) is 11.1 Å². The van der Waals surface area contributed by atoms with Crippen molar-refractivity contribution in [2.75, 3.05) is 18.4 Å². The van der Waals surface area contributed by atoms with E-state index in [1.807, 2.05) is 18.7 Å². The van der Waals surface area contributed by atoms with Gasteiger partial charge in [-0.1, -0.05) is 18.2 Å². The SMILES string of the molecule is CC(=O)N1CC=C(c2cc3c(N[C@H](C)c4cccc(C(F)(F)F)c4)nc(C)nc3c3c2CCC3)CC1. The molecule has 1 atom stereocenters. The Balaban J connectivity index is 1.57. The Kier molecular flexibility index (Phi) is 6.22. The Labute approximate surface area is 208 Å². The molecule has 0 saturated heterocycles. The lowest BCUT2D eigenvalue weighted by atomic mass is 9.90. The molecule has 0 unspecified atom stereocenters. The maximum absolute atomic E-state index is 13.3. The van der Waals surface area contributed by atoms with Gasteiger partial charge in [-0.15, -0.1) is 0 Å². The lowest BCUT2D eigenvalue weighted by Crippen LogP contribution is -2.32. The highest BCUT2D eigenvalue weighted by atomic mass is 19.4. The van der Waals surface area contributed by atoms with Crippen molar-refractivity contribution in [3.05, 3.63) is 70.0 Å². The molecule has 0 saturated carbocycles. The standard InChI is InChI=1S/C28H29F3N4O/c1-16(20-6-4-7-21(14-20)28(29,30)31)32-27-25-15-24(19-10-12-35(13-11-19)18(3)36)22-8-5-9-23(22)26(25)33-17(2)34-27/h4,6-7,10,14-16H,5,8-9,11-13H2,1-3H3,(H,32,33,34)/t16-/m1/s1. The summed E-state index contributed by atoms with van der Waals surface area (Å²) in [5, 5.41) is 4.25. The van der Waals surface area contributed by atoms with Gasteiger partial charge in [0, 0.05) is 31.4 Å². The van der Waals surface area contributed by atoms with Gasteiger partial charge >= 0.3 is 6.18 Å². The fraction of sp³-hybridized carbons (Fsp3) is 0.393. The number of alkyl halides is 3. The fourth-order valence-electron chi connectivity index (χ4n) is 5.35. The fourth-order valence-corrected chi connectivity index (χ4v) is 5.35. The number of anilines is 1. The first-order chi connectivity index (χ1) is 17.1. The summed E-state index contributed by atoms with van der Waals surface area (Å²) >= 11 is 0. The van der Waals surface area contributed by atoms with Gasteiger partial charge in [-0.3, -0.25) is 4.79 Å². The van der Waals surface area contributed by atoms with Crippen molar-refractivity contribution in [1.29, 1.82) is 0 Å². The lowest BCUT2D eigenvalue weighted by molar-refractivity contribution is -0.137. The highest BCUT2D eigenvalue weighted by molar-refractivity contribution is 5.96. The molecule has 3 aromatic rings. The van der Waals surface area contributed by atoms with Gasteiger partial charge in [-0.25, -0.2) is 9.97 Å². The number of hydrogen-bond acceptors (Lipinski definition) is 4. The maximum atomic E-state index is 13.3. The predicted molar refractivity (Wildman–Crippen MR) is 135 cm³/mol. The molecule has 5 rings (SSSR count). The number of hydrogen-bond donors (Lipinski definition) is 1. The number of aromatic nitrogens is 2. The quantitative estimate of drug-likeness (QED) is 0.466. The van der Waals surface area contributed by atoms with Crippen LogP contribution in [0.4, 0.5) is 19.0 Å². The van der Waals surface area contributed by atoms with E-state index in [0.717, 1.165) is 42.7 Å². The zero-order valence-electron chi connectivity index (χ0n) is 20.7. The van der Waals surface area contributed by atoms with E-state index in [9.17, 15) is 18.0 Å². The van der Waals surface area contributed by atoms with Crippen LogP contribution >= 0.6 is 0 Å². The largest absolute Gasteiger partial charge is 0.416 e. The number of benzene rings is 2. The average Bonchev–Trinajstić information content (AvgIpc) is 3.34. The van der Waals surface area contributed by atoms with Crippen molar-refractivity contribution in [3.8, 4) is 0 Å². The summed E-state index contributed by atoms with van der Waals surface area (Å²) < 4.78 is 39.8. The van der Waals surface area contributed by atoms with Gasteiger partial charge < -0.3 is 10.2 Å². The Morgan fingerprint density at radius 2 is 1.89 bits per heavy atom. The second-order valence-corrected chi connectivity index (χ2v) is 9.68. The normalized spacial score (nSPS) is 16.6. The molecule has 1 aliphatic carbocycles. The third-order valence-electron chi connectivity index (χ3n) is 7.24. The lowest BCUT2D eigenvalue weighted by Gasteiger charge is -2.27. The highest BCUT2D eigenvalue weighted by Crippen LogP contribution is 2.39. The van der Waals surface area contributed by atoms with Crippen LogP contribution in [0.25, 0.3) is 16.5 Å². The molecule has 0 radical (unpaired) electrons. The van der Waals surface area contributed by atoms with E-state index in [4.69, 9.17) is 4.98 Å². The van der Waals surface area contributed by atoms with E-state index in [-0.39, 0.29) is 11.9 Å². The second-order valence-electron chi connectivity index (χ2n) is 9.68. The van der Waals surface area contributed by atoms with Crippen LogP contribution in [0.1, 0.15) is 66.4 Å². The van der Waals surface area contributed by atoms with Crippen LogP contribution in [0.5, 0.6) is 0 Å². The van der Waals surface area contributed by atoms with Crippen LogP contribution in [-0.2, 0) is 23.8 Å². The van der Waals surface area contributed by atoms with Crippen LogP contribution in [-0.4, -0.2) is 33.9 Å². The molecule has 1 N–H and O–H groups in total. The Hall–Kier alpha value is -3.42. The molecule has 5 nitrogen and oxygen atoms in total. The van der Waals surface area contributed by atoms with E-state index in [1.54, 1.807) is 13.0 Å². The molecule has 36 heavy (non-hydrogen) atoms. The molecule has 188 valence electrons. The topological polar surface area (TPSA) is 58.1 Å². The summed E-state index contributed by atoms with van der Waals surface area (Å²) in [5.41, 5.74) is 5.75. The molecule has 1 aliphatic heterocycles. The number of aryl methyl sites for hydroxylation is 2. The predicted octanol–water partition coefficient (Wildman–Crippen LogP) is 6.25. The number of halogens is 3. The smallest absolute Gasteiger partial charge is 0.363 e. The first-order valence-electron chi connectivity index (χ1n) is 12.3. The Morgan fingerprint density at radius 3 is 2.58 bits per heavy atom. The van der Waals surface area contributed by atoms with Gasteiger partial charge in [0.1, 0.15) is 11.6 Å². The van der Waals surface area contributed by atoms with Crippen molar-refractivity contribution in [3.63, 3.8) is 0 Å². The second kappa shape index (κ2) is 9.22. The number of carbonyl (C=O) groups is 1. The first kappa shape index (κ1) is 24.3. The number of nitrogens with one attached hydrogen (secondary N) is 1. The molecule has 0 fully saturated rings. The summed E-state index contributed by atoms with van der Waals surface area (Å²) in [4.78, 5) is 23.1. The monoisotopic (exact) mass is 494 g/mol. The summed E-state index contributed by atoms with van der Waals surface area (Å²) in [6.45, 7) is 6.56. The number of fused-ring (bicyclic) bond motifs is 3. The van der Waals surface area contributed by atoms with Crippen LogP contribution in [0.15, 0.2) is 36.4 Å². The van der Waals surface area contributed by atoms with Crippen LogP contribution < -0.4 is 5.32 Å². The van der Waals surface area contributed by atoms with Gasteiger partial charge in [0.2, 0.25) is 5.91 Å². The molecule has 1 amide bonds. The van der Waals surface area contributed by atoms with Gasteiger partial charge in [-0.2, -0.15) is 13.2 Å². The Bertz CT molecular complexity index is 1380. The van der Waals surface area contributed by atoms with Crippen molar-refractivity contribution >= 4 is 28.2 Å². The van der Waals surface area contributed by atoms with Crippen molar-refractivity contribution in [2.45, 2.75) is 58.7 Å². The van der Waals surface area contributed by atoms with Crippen molar-refractivity contribution in [2.24, 2.45) is 0 Å². The zero-order chi connectivity index (χ0) is 25.6. The van der Waals surface area contributed by atoms with E-state index in [2.05, 4.69) is 22.4 Å². The molecule has 0 spiro atoms. The number of amides is 1. The molecule has 2 aromatic carbocycles. The molecular formula is C28H29F3N4O. The molecular weight excluding hydrogens is 465 g/mol. The minimum atomic E-state index is -4.39. The minimum Gasteiger partial charge on any atom is -0.363 e. The molecule has 2 heterocycles. The summed E-state index contributed by atoms with van der Waals surface area (Å²) in [6, 6.07) is 7.14. The van der Waals surface area contributed by atoms with Gasteiger partial charge in [0.25, 0.3) is 0 Å². The summed E-state index contributed by atoms with van der Waals surface area (Å²) in [6.07, 6.45) is 1.51. The van der Waals surface area contributed by atoms with Crippen LogP contribution in [0.3, 0.4) is 0 Å². The van der Waals surface area contributed by atoms with Crippen LogP contribution in [0, 0.1) is 6.92 Å². The number of nitrogens with zero attached hydrogens (tertiary/aromatic N) is 3. The van der Waals surface area contributed by atoms with Gasteiger partial charge in [-0.05, 0) is 85.6 Å². The first-order valence-corrected chi connectivity index (χ1v) is 12.3. The Morgan fingerprint density at radius 1 is 1.11 bits per heavy atom. The van der Waals surface area contributed by atoms with Crippen molar-refractivity contribution in [1.82, 2.24) is 14.9 Å². The van der Waals surface area contributed by atoms with Gasteiger partial charge in [0.15, 0.2) is 0 Å². The molecule has 0 bridgehead atoms. The molecule has 8 heteroatoms. The van der Waals surface area contributed by atoms with E-state index in [0.29, 0.717) is 30.3 Å². The third-order valence-corrected chi connectivity index (χ3v) is 7.24. The van der Waals surface area contributed by atoms with Crippen LogP contribution in [0.2, 0.25) is 0 Å². The summed E-state index contributed by atoms with van der Waals surface area (Å²) in [5.74, 6) is 1.32. The van der Waals surface area contributed by atoms with Crippen molar-refractivity contribution < 1.29 is 18.0 Å². The van der Waals surface area contributed by atoms with E-state index in [1.165, 1.54) is 34.4 Å². The average molecular weight is 495 g/mol. The number of carbonyl (C=O) groups excluding carboxylic acids is 1.